The molecule has 44 heavy (non-hydrogen) atoms. The Morgan fingerprint density at radius 2 is 1.98 bits per heavy atom. The summed E-state index contributed by atoms with van der Waals surface area (Å²) in [7, 11) is 1.39. The molecule has 0 unspecified atom stereocenters. The molecular formula is C33H35FN6O4. The number of hydrogen-bond donors (Lipinski definition) is 0. The second-order valence-electron chi connectivity index (χ2n) is 11.7. The Hall–Kier alpha value is -4.80. The number of piperazine rings is 1. The van der Waals surface area contributed by atoms with Gasteiger partial charge in [-0.25, -0.2) is 14.2 Å². The first kappa shape index (κ1) is 29.3. The highest BCUT2D eigenvalue weighted by Crippen LogP contribution is 2.46. The maximum Gasteiger partial charge on any atom is 0.354 e. The molecule has 1 fully saturated rings. The predicted molar refractivity (Wildman–Crippen MR) is 166 cm³/mol. The van der Waals surface area contributed by atoms with Crippen LogP contribution >= 0.6 is 0 Å². The number of aromatic nitrogens is 4. The fourth-order valence-electron chi connectivity index (χ4n) is 6.46. The molecule has 0 spiro atoms. The van der Waals surface area contributed by atoms with E-state index in [0.717, 1.165) is 22.2 Å². The van der Waals surface area contributed by atoms with Crippen molar-refractivity contribution >= 4 is 22.6 Å². The molecule has 2 aliphatic heterocycles. The van der Waals surface area contributed by atoms with E-state index in [9.17, 15) is 9.59 Å². The predicted octanol–water partition coefficient (Wildman–Crippen LogP) is 4.85. The van der Waals surface area contributed by atoms with E-state index >= 15 is 4.39 Å². The van der Waals surface area contributed by atoms with Gasteiger partial charge in [0.2, 0.25) is 11.8 Å². The number of ether oxygens (including phenoxy) is 2. The van der Waals surface area contributed by atoms with Gasteiger partial charge in [0, 0.05) is 48.4 Å². The largest absolute Gasteiger partial charge is 0.492 e. The maximum atomic E-state index is 15.9. The Balaban J connectivity index is 1.71. The lowest BCUT2D eigenvalue weighted by atomic mass is 9.90. The van der Waals surface area contributed by atoms with Crippen molar-refractivity contribution in [3.63, 3.8) is 0 Å². The molecule has 0 saturated carbocycles. The van der Waals surface area contributed by atoms with E-state index in [-0.39, 0.29) is 41.7 Å². The fraction of sp³-hybridized carbons (Fsp3) is 0.364. The molecule has 4 aromatic rings. The Morgan fingerprint density at radius 1 is 1.20 bits per heavy atom. The number of halogens is 1. The lowest BCUT2D eigenvalue weighted by Crippen LogP contribution is -2.54. The fourth-order valence-corrected chi connectivity index (χ4v) is 6.46. The smallest absolute Gasteiger partial charge is 0.354 e. The topological polar surface area (TPSA) is 103 Å². The van der Waals surface area contributed by atoms with Crippen molar-refractivity contribution < 1.29 is 18.7 Å². The number of nitrogens with zero attached hydrogens (tertiary/aromatic N) is 6. The summed E-state index contributed by atoms with van der Waals surface area (Å²) in [5.74, 6) is -0.0397. The number of fused-ring (bicyclic) bond motifs is 5. The summed E-state index contributed by atoms with van der Waals surface area (Å²) in [5, 5.41) is 0.720. The van der Waals surface area contributed by atoms with Crippen LogP contribution in [0.3, 0.4) is 0 Å². The maximum absolute atomic E-state index is 15.9. The number of methoxy groups -OCH3 is 1. The zero-order valence-corrected chi connectivity index (χ0v) is 25.8. The zero-order valence-electron chi connectivity index (χ0n) is 25.8. The third kappa shape index (κ3) is 4.49. The van der Waals surface area contributed by atoms with Crippen LogP contribution in [-0.2, 0) is 11.4 Å². The Morgan fingerprint density at radius 3 is 2.66 bits per heavy atom. The van der Waals surface area contributed by atoms with Crippen LogP contribution in [0.5, 0.6) is 11.6 Å². The normalized spacial score (nSPS) is 16.0. The summed E-state index contributed by atoms with van der Waals surface area (Å²) in [4.78, 5) is 44.2. The van der Waals surface area contributed by atoms with E-state index in [4.69, 9.17) is 14.5 Å². The van der Waals surface area contributed by atoms with E-state index in [1.165, 1.54) is 19.4 Å². The number of hydrogen-bond acceptors (Lipinski definition) is 8. The van der Waals surface area contributed by atoms with E-state index in [2.05, 4.69) is 21.4 Å². The standard InChI is InChI=1S/C33H35FN6O4/c1-8-24(41)38-11-12-39(20(6)15-38)31-21-13-19(5)25-22(16-44-32-26(25)27(34)23(43-7)14-36-32)30(21)40(33(42)37-31)29-18(4)9-10-35-28(29)17(2)3/h8-10,13-14,17,20H,1,11-12,15-16H2,2-7H3/t20-/m0/s1. The monoisotopic (exact) mass is 598 g/mol. The Labute approximate surface area is 254 Å². The molecule has 0 N–H and O–H groups in total. The van der Waals surface area contributed by atoms with Gasteiger partial charge in [-0.1, -0.05) is 20.4 Å². The van der Waals surface area contributed by atoms with Crippen molar-refractivity contribution in [3.05, 3.63) is 75.9 Å². The van der Waals surface area contributed by atoms with Crippen LogP contribution < -0.4 is 20.1 Å². The van der Waals surface area contributed by atoms with Gasteiger partial charge in [-0.15, -0.1) is 0 Å². The van der Waals surface area contributed by atoms with Crippen LogP contribution in [0.4, 0.5) is 10.2 Å². The Kier molecular flexibility index (Phi) is 7.35. The Bertz CT molecular complexity index is 1900. The van der Waals surface area contributed by atoms with Gasteiger partial charge < -0.3 is 19.3 Å². The van der Waals surface area contributed by atoms with E-state index in [0.29, 0.717) is 47.8 Å². The third-order valence-electron chi connectivity index (χ3n) is 8.54. The van der Waals surface area contributed by atoms with E-state index in [1.54, 1.807) is 15.7 Å². The molecule has 1 aromatic carbocycles. The van der Waals surface area contributed by atoms with Gasteiger partial charge >= 0.3 is 5.69 Å². The lowest BCUT2D eigenvalue weighted by Gasteiger charge is -2.41. The van der Waals surface area contributed by atoms with Crippen LogP contribution in [0.2, 0.25) is 0 Å². The van der Waals surface area contributed by atoms with Crippen molar-refractivity contribution in [1.82, 2.24) is 24.4 Å². The number of carbonyl (C=O) groups excluding carboxylic acids is 1. The minimum atomic E-state index is -0.582. The van der Waals surface area contributed by atoms with Gasteiger partial charge in [0.15, 0.2) is 11.6 Å². The van der Waals surface area contributed by atoms with Crippen LogP contribution in [0.15, 0.2) is 42.0 Å². The quantitative estimate of drug-likeness (QED) is 0.301. The minimum absolute atomic E-state index is 0.00142. The van der Waals surface area contributed by atoms with E-state index in [1.807, 2.05) is 46.8 Å². The summed E-state index contributed by atoms with van der Waals surface area (Å²) in [6.45, 7) is 15.0. The number of aryl methyl sites for hydroxylation is 2. The first-order valence-corrected chi connectivity index (χ1v) is 14.7. The van der Waals surface area contributed by atoms with Crippen molar-refractivity contribution in [3.8, 4) is 28.4 Å². The molecule has 1 atom stereocenters. The van der Waals surface area contributed by atoms with Crippen LogP contribution in [-0.4, -0.2) is 63.1 Å². The average molecular weight is 599 g/mol. The van der Waals surface area contributed by atoms with Gasteiger partial charge in [-0.2, -0.15) is 4.98 Å². The molecule has 0 radical (unpaired) electrons. The molecule has 228 valence electrons. The molecule has 0 aliphatic carbocycles. The van der Waals surface area contributed by atoms with E-state index < -0.39 is 11.5 Å². The molecule has 3 aromatic heterocycles. The van der Waals surface area contributed by atoms with Crippen LogP contribution in [0.1, 0.15) is 49.1 Å². The molecule has 0 bridgehead atoms. The molecule has 10 nitrogen and oxygen atoms in total. The zero-order chi connectivity index (χ0) is 31.4. The first-order valence-electron chi connectivity index (χ1n) is 14.7. The molecule has 1 amide bonds. The van der Waals surface area contributed by atoms with Crippen molar-refractivity contribution in [2.45, 2.75) is 53.2 Å². The number of benzene rings is 1. The minimum Gasteiger partial charge on any atom is -0.492 e. The summed E-state index contributed by atoms with van der Waals surface area (Å²) in [5.41, 5.74) is 4.56. The van der Waals surface area contributed by atoms with Gasteiger partial charge in [-0.05, 0) is 56.0 Å². The molecule has 11 heteroatoms. The molecule has 2 aliphatic rings. The number of pyridine rings is 2. The van der Waals surface area contributed by atoms with Gasteiger partial charge in [0.25, 0.3) is 0 Å². The molecule has 5 heterocycles. The number of rotatable bonds is 5. The van der Waals surface area contributed by atoms with Crippen molar-refractivity contribution in [2.75, 3.05) is 31.6 Å². The molecule has 1 saturated heterocycles. The lowest BCUT2D eigenvalue weighted by molar-refractivity contribution is -0.126. The van der Waals surface area contributed by atoms with Crippen LogP contribution in [0.25, 0.3) is 27.7 Å². The summed E-state index contributed by atoms with van der Waals surface area (Å²) < 4.78 is 28.9. The second-order valence-corrected chi connectivity index (χ2v) is 11.7. The highest BCUT2D eigenvalue weighted by molar-refractivity contribution is 5.99. The SMILES string of the molecule is C=CC(=O)N1CCN(c2nc(=O)n(-c3c(C)ccnc3C(C)C)c3c4c(c(C)cc23)-c2c(ncc(OC)c2F)OC4)[C@@H](C)C1. The van der Waals surface area contributed by atoms with Gasteiger partial charge in [-0.3, -0.25) is 14.3 Å². The number of carbonyl (C=O) groups is 1. The first-order chi connectivity index (χ1) is 21.1. The van der Waals surface area contributed by atoms with Crippen LogP contribution in [0, 0.1) is 19.7 Å². The number of amides is 1. The summed E-state index contributed by atoms with van der Waals surface area (Å²) >= 11 is 0. The van der Waals surface area contributed by atoms with Gasteiger partial charge in [0.1, 0.15) is 12.4 Å². The average Bonchev–Trinajstić information content (AvgIpc) is 3.00. The number of anilines is 1. The summed E-state index contributed by atoms with van der Waals surface area (Å²) in [6.07, 6.45) is 4.36. The third-order valence-corrected chi connectivity index (χ3v) is 8.54. The highest BCUT2D eigenvalue weighted by atomic mass is 19.1. The summed E-state index contributed by atoms with van der Waals surface area (Å²) in [6, 6.07) is 3.69. The second kappa shape index (κ2) is 11.0. The molecular weight excluding hydrogens is 563 g/mol. The van der Waals surface area contributed by atoms with Gasteiger partial charge in [0.05, 0.1) is 35.8 Å². The van der Waals surface area contributed by atoms with Crippen molar-refractivity contribution in [2.24, 2.45) is 0 Å². The molecule has 6 rings (SSSR count). The van der Waals surface area contributed by atoms with Crippen molar-refractivity contribution in [1.29, 1.82) is 0 Å². The highest BCUT2D eigenvalue weighted by Gasteiger charge is 2.34.